The molecule has 0 saturated carbocycles. The summed E-state index contributed by atoms with van der Waals surface area (Å²) in [6.45, 7) is 1.26. The number of carbonyl (C=O) groups excluding carboxylic acids is 1. The van der Waals surface area contributed by atoms with E-state index in [1.54, 1.807) is 0 Å². The third-order valence-electron chi connectivity index (χ3n) is 3.28. The van der Waals surface area contributed by atoms with Crippen LogP contribution in [0.1, 0.15) is 21.7 Å². The second-order valence-electron chi connectivity index (χ2n) is 4.73. The summed E-state index contributed by atoms with van der Waals surface area (Å²) in [5, 5.41) is 25.5. The molecular formula is C13H11FN4O6. The molecule has 0 amide bonds. The first-order valence-corrected chi connectivity index (χ1v) is 6.49. The Bertz CT molecular complexity index is 847. The molecule has 1 aromatic heterocycles. The van der Waals surface area contributed by atoms with E-state index in [1.807, 2.05) is 0 Å². The van der Waals surface area contributed by atoms with Gasteiger partial charge in [-0.25, -0.2) is 4.79 Å². The van der Waals surface area contributed by atoms with Gasteiger partial charge in [0.05, 0.1) is 23.5 Å². The molecule has 2 rings (SSSR count). The van der Waals surface area contributed by atoms with Crippen LogP contribution in [0, 0.1) is 33.0 Å². The summed E-state index contributed by atoms with van der Waals surface area (Å²) in [5.41, 5.74) is -1.31. The van der Waals surface area contributed by atoms with E-state index < -0.39 is 38.7 Å². The number of nitro benzene ring substituents is 1. The molecule has 0 atom stereocenters. The molecule has 1 aromatic carbocycles. The maximum atomic E-state index is 13.6. The SMILES string of the molecule is COC(=O)c1nn(Cc2ccc([N+](=O)[O-])c(F)c2)c(C)c1[N+](=O)[O-]. The zero-order valence-electron chi connectivity index (χ0n) is 12.6. The van der Waals surface area contributed by atoms with Crippen molar-refractivity contribution in [2.24, 2.45) is 0 Å². The smallest absolute Gasteiger partial charge is 0.365 e. The number of esters is 1. The third-order valence-corrected chi connectivity index (χ3v) is 3.28. The second-order valence-corrected chi connectivity index (χ2v) is 4.73. The average Bonchev–Trinajstić information content (AvgIpc) is 2.83. The number of nitrogens with zero attached hydrogens (tertiary/aromatic N) is 4. The predicted octanol–water partition coefficient (Wildman–Crippen LogP) is 1.98. The maximum Gasteiger partial charge on any atom is 0.365 e. The topological polar surface area (TPSA) is 130 Å². The molecule has 0 bridgehead atoms. The first-order chi connectivity index (χ1) is 11.3. The minimum atomic E-state index is -1.04. The van der Waals surface area contributed by atoms with Crippen LogP contribution in [0.25, 0.3) is 0 Å². The van der Waals surface area contributed by atoms with Crippen molar-refractivity contribution in [1.29, 1.82) is 0 Å². The van der Waals surface area contributed by atoms with Gasteiger partial charge in [-0.05, 0) is 18.6 Å². The van der Waals surface area contributed by atoms with Crippen molar-refractivity contribution in [3.8, 4) is 0 Å². The number of methoxy groups -OCH3 is 1. The van der Waals surface area contributed by atoms with Gasteiger partial charge in [0.1, 0.15) is 5.69 Å². The Labute approximate surface area is 133 Å². The van der Waals surface area contributed by atoms with E-state index in [2.05, 4.69) is 9.84 Å². The highest BCUT2D eigenvalue weighted by molar-refractivity contribution is 5.92. The number of rotatable bonds is 5. The lowest BCUT2D eigenvalue weighted by molar-refractivity contribution is -0.387. The summed E-state index contributed by atoms with van der Waals surface area (Å²) in [7, 11) is 1.06. The van der Waals surface area contributed by atoms with Gasteiger partial charge in [-0.1, -0.05) is 6.07 Å². The van der Waals surface area contributed by atoms with E-state index in [0.29, 0.717) is 0 Å². The molecule has 0 unspecified atom stereocenters. The molecule has 24 heavy (non-hydrogen) atoms. The van der Waals surface area contributed by atoms with Gasteiger partial charge in [-0.3, -0.25) is 24.9 Å². The summed E-state index contributed by atoms with van der Waals surface area (Å²) in [6.07, 6.45) is 0. The Hall–Kier alpha value is -3.37. The summed E-state index contributed by atoms with van der Waals surface area (Å²) in [4.78, 5) is 31.7. The van der Waals surface area contributed by atoms with Crippen molar-refractivity contribution >= 4 is 17.3 Å². The Balaban J connectivity index is 2.44. The van der Waals surface area contributed by atoms with Gasteiger partial charge in [0.25, 0.3) is 0 Å². The summed E-state index contributed by atoms with van der Waals surface area (Å²) in [6, 6.07) is 3.22. The van der Waals surface area contributed by atoms with E-state index >= 15 is 0 Å². The molecule has 0 saturated heterocycles. The monoisotopic (exact) mass is 338 g/mol. The molecule has 11 heteroatoms. The molecule has 0 aliphatic rings. The number of halogens is 1. The first-order valence-electron chi connectivity index (χ1n) is 6.49. The van der Waals surface area contributed by atoms with Crippen molar-refractivity contribution in [3.63, 3.8) is 0 Å². The van der Waals surface area contributed by atoms with Crippen molar-refractivity contribution < 1.29 is 23.8 Å². The van der Waals surface area contributed by atoms with Crippen molar-refractivity contribution in [3.05, 3.63) is 61.2 Å². The first kappa shape index (κ1) is 17.0. The maximum absolute atomic E-state index is 13.6. The Kier molecular flexibility index (Phi) is 4.53. The van der Waals surface area contributed by atoms with Crippen LogP contribution in [0.4, 0.5) is 15.8 Å². The average molecular weight is 338 g/mol. The van der Waals surface area contributed by atoms with E-state index in [1.165, 1.54) is 13.0 Å². The minimum absolute atomic E-state index is 0.0687. The zero-order chi connectivity index (χ0) is 18.0. The normalized spacial score (nSPS) is 10.5. The molecule has 0 fully saturated rings. The van der Waals surface area contributed by atoms with Crippen LogP contribution < -0.4 is 0 Å². The fourth-order valence-electron chi connectivity index (χ4n) is 2.11. The quantitative estimate of drug-likeness (QED) is 0.463. The van der Waals surface area contributed by atoms with E-state index in [4.69, 9.17) is 0 Å². The highest BCUT2D eigenvalue weighted by Crippen LogP contribution is 2.25. The number of aromatic nitrogens is 2. The van der Waals surface area contributed by atoms with E-state index in [-0.39, 0.29) is 17.8 Å². The van der Waals surface area contributed by atoms with Crippen LogP contribution in [0.5, 0.6) is 0 Å². The second kappa shape index (κ2) is 6.40. The highest BCUT2D eigenvalue weighted by Gasteiger charge is 2.30. The summed E-state index contributed by atoms with van der Waals surface area (Å²) >= 11 is 0. The lowest BCUT2D eigenvalue weighted by Gasteiger charge is -2.04. The van der Waals surface area contributed by atoms with E-state index in [0.717, 1.165) is 23.9 Å². The third kappa shape index (κ3) is 3.04. The molecular weight excluding hydrogens is 327 g/mol. The van der Waals surface area contributed by atoms with Crippen LogP contribution in [0.15, 0.2) is 18.2 Å². The molecule has 2 aromatic rings. The number of ether oxygens (including phenoxy) is 1. The lowest BCUT2D eigenvalue weighted by atomic mass is 10.2. The lowest BCUT2D eigenvalue weighted by Crippen LogP contribution is -2.07. The zero-order valence-corrected chi connectivity index (χ0v) is 12.6. The number of nitro groups is 2. The van der Waals surface area contributed by atoms with Gasteiger partial charge in [0, 0.05) is 6.07 Å². The molecule has 126 valence electrons. The van der Waals surface area contributed by atoms with Gasteiger partial charge in [0.15, 0.2) is 0 Å². The Morgan fingerprint density at radius 3 is 2.50 bits per heavy atom. The molecule has 10 nitrogen and oxygen atoms in total. The van der Waals surface area contributed by atoms with Gasteiger partial charge < -0.3 is 4.74 Å². The standard InChI is InChI=1S/C13H11FN4O6/c1-7-12(18(22)23)11(13(19)24-2)15-16(7)6-8-3-4-10(17(20)21)9(14)5-8/h3-5H,6H2,1-2H3. The summed E-state index contributed by atoms with van der Waals surface area (Å²) in [5.74, 6) is -2.01. The number of hydrogen-bond acceptors (Lipinski definition) is 7. The Morgan fingerprint density at radius 2 is 2.00 bits per heavy atom. The summed E-state index contributed by atoms with van der Waals surface area (Å²) < 4.78 is 19.2. The van der Waals surface area contributed by atoms with Gasteiger partial charge >= 0.3 is 17.3 Å². The van der Waals surface area contributed by atoms with Crippen molar-refractivity contribution in [2.75, 3.05) is 7.11 Å². The highest BCUT2D eigenvalue weighted by atomic mass is 19.1. The largest absolute Gasteiger partial charge is 0.464 e. The Morgan fingerprint density at radius 1 is 1.33 bits per heavy atom. The van der Waals surface area contributed by atoms with Gasteiger partial charge in [0.2, 0.25) is 11.5 Å². The fourth-order valence-corrected chi connectivity index (χ4v) is 2.11. The molecule has 1 heterocycles. The molecule has 0 aliphatic carbocycles. The van der Waals surface area contributed by atoms with Crippen LogP contribution >= 0.6 is 0 Å². The number of hydrogen-bond donors (Lipinski definition) is 0. The number of benzene rings is 1. The molecule has 0 N–H and O–H groups in total. The number of carbonyl (C=O) groups is 1. The molecule has 0 spiro atoms. The van der Waals surface area contributed by atoms with Crippen molar-refractivity contribution in [2.45, 2.75) is 13.5 Å². The molecule has 0 radical (unpaired) electrons. The van der Waals surface area contributed by atoms with Gasteiger partial charge in [-0.2, -0.15) is 9.49 Å². The predicted molar refractivity (Wildman–Crippen MR) is 77.1 cm³/mol. The van der Waals surface area contributed by atoms with Crippen LogP contribution in [-0.2, 0) is 11.3 Å². The van der Waals surface area contributed by atoms with Crippen molar-refractivity contribution in [1.82, 2.24) is 9.78 Å². The van der Waals surface area contributed by atoms with Crippen LogP contribution in [0.2, 0.25) is 0 Å². The fraction of sp³-hybridized carbons (Fsp3) is 0.231. The van der Waals surface area contributed by atoms with Crippen LogP contribution in [0.3, 0.4) is 0 Å². The minimum Gasteiger partial charge on any atom is -0.464 e. The van der Waals surface area contributed by atoms with Crippen LogP contribution in [-0.4, -0.2) is 32.7 Å². The van der Waals surface area contributed by atoms with E-state index in [9.17, 15) is 29.4 Å². The molecule has 0 aliphatic heterocycles. The van der Waals surface area contributed by atoms with Gasteiger partial charge in [-0.15, -0.1) is 0 Å².